The third-order valence-corrected chi connectivity index (χ3v) is 3.30. The summed E-state index contributed by atoms with van der Waals surface area (Å²) in [6.45, 7) is 6.15. The highest BCUT2D eigenvalue weighted by Gasteiger charge is 2.11. The molecule has 0 bridgehead atoms. The van der Waals surface area contributed by atoms with Crippen LogP contribution in [0.25, 0.3) is 0 Å². The number of aromatic nitrogens is 2. The minimum Gasteiger partial charge on any atom is -0.490 e. The van der Waals surface area contributed by atoms with E-state index in [0.717, 1.165) is 30.2 Å². The highest BCUT2D eigenvalue weighted by atomic mass is 127. The van der Waals surface area contributed by atoms with Gasteiger partial charge in [0, 0.05) is 24.7 Å². The van der Waals surface area contributed by atoms with E-state index < -0.39 is 0 Å². The number of fused-ring (bicyclic) bond motifs is 1. The first-order valence-electron chi connectivity index (χ1n) is 7.99. The van der Waals surface area contributed by atoms with E-state index in [4.69, 9.17) is 14.0 Å². The average Bonchev–Trinajstić information content (AvgIpc) is 2.85. The van der Waals surface area contributed by atoms with Gasteiger partial charge < -0.3 is 24.6 Å². The highest BCUT2D eigenvalue weighted by Crippen LogP contribution is 2.32. The lowest BCUT2D eigenvalue weighted by atomic mass is 10.3. The summed E-state index contributed by atoms with van der Waals surface area (Å²) < 4.78 is 16.4. The van der Waals surface area contributed by atoms with Gasteiger partial charge in [-0.2, -0.15) is 4.98 Å². The Morgan fingerprint density at radius 3 is 2.76 bits per heavy atom. The number of rotatable bonds is 4. The van der Waals surface area contributed by atoms with Crippen LogP contribution in [0.4, 0.5) is 5.69 Å². The zero-order valence-electron chi connectivity index (χ0n) is 14.2. The molecule has 0 radical (unpaired) electrons. The van der Waals surface area contributed by atoms with Crippen LogP contribution < -0.4 is 20.1 Å². The van der Waals surface area contributed by atoms with Crippen molar-refractivity contribution in [2.75, 3.05) is 25.1 Å². The Kier molecular flexibility index (Phi) is 7.29. The van der Waals surface area contributed by atoms with Crippen molar-refractivity contribution in [2.45, 2.75) is 26.8 Å². The van der Waals surface area contributed by atoms with Crippen molar-refractivity contribution in [3.63, 3.8) is 0 Å². The van der Waals surface area contributed by atoms with Gasteiger partial charge in [0.15, 0.2) is 23.3 Å². The van der Waals surface area contributed by atoms with Gasteiger partial charge >= 0.3 is 0 Å². The molecule has 0 saturated heterocycles. The van der Waals surface area contributed by atoms with E-state index >= 15 is 0 Å². The number of ether oxygens (including phenoxy) is 2. The van der Waals surface area contributed by atoms with Gasteiger partial charge in [0.2, 0.25) is 5.89 Å². The van der Waals surface area contributed by atoms with Crippen LogP contribution in [0.3, 0.4) is 0 Å². The molecule has 8 nitrogen and oxygen atoms in total. The second-order valence-corrected chi connectivity index (χ2v) is 5.27. The van der Waals surface area contributed by atoms with E-state index in [1.54, 1.807) is 6.92 Å². The zero-order valence-corrected chi connectivity index (χ0v) is 16.6. The fourth-order valence-electron chi connectivity index (χ4n) is 2.24. The predicted molar refractivity (Wildman–Crippen MR) is 105 cm³/mol. The molecule has 0 atom stereocenters. The fourth-order valence-corrected chi connectivity index (χ4v) is 2.24. The number of anilines is 1. The molecular formula is C16H22IN5O3. The molecule has 0 fully saturated rings. The number of hydrogen-bond acceptors (Lipinski definition) is 6. The molecule has 0 spiro atoms. The SMILES string of the molecule is CCNC(=NCc1nc(C)no1)Nc1ccc2c(c1)OCCCO2.I. The van der Waals surface area contributed by atoms with Gasteiger partial charge in [-0.15, -0.1) is 24.0 Å². The van der Waals surface area contributed by atoms with Gasteiger partial charge in [-0.1, -0.05) is 5.16 Å². The Hall–Kier alpha value is -2.04. The Bertz CT molecular complexity index is 720. The maximum atomic E-state index is 5.70. The first-order chi connectivity index (χ1) is 11.7. The second-order valence-electron chi connectivity index (χ2n) is 5.27. The summed E-state index contributed by atoms with van der Waals surface area (Å²) in [5.74, 6) is 3.20. The van der Waals surface area contributed by atoms with Crippen LogP contribution in [0.15, 0.2) is 27.7 Å². The largest absolute Gasteiger partial charge is 0.490 e. The minimum absolute atomic E-state index is 0. The van der Waals surface area contributed by atoms with Gasteiger partial charge in [-0.25, -0.2) is 4.99 Å². The molecule has 2 N–H and O–H groups in total. The van der Waals surface area contributed by atoms with E-state index in [1.165, 1.54) is 0 Å². The van der Waals surface area contributed by atoms with Gasteiger partial charge in [0.1, 0.15) is 6.54 Å². The normalized spacial score (nSPS) is 13.6. The van der Waals surface area contributed by atoms with Gasteiger partial charge in [0.05, 0.1) is 13.2 Å². The van der Waals surface area contributed by atoms with Crippen molar-refractivity contribution >= 4 is 35.6 Å². The Labute approximate surface area is 163 Å². The van der Waals surface area contributed by atoms with Crippen LogP contribution in [-0.4, -0.2) is 35.9 Å². The van der Waals surface area contributed by atoms with Crippen molar-refractivity contribution in [1.82, 2.24) is 15.5 Å². The first kappa shape index (κ1) is 19.3. The molecule has 1 aliphatic rings. The van der Waals surface area contributed by atoms with E-state index in [2.05, 4.69) is 25.8 Å². The van der Waals surface area contributed by atoms with Gasteiger partial charge in [0.25, 0.3) is 0 Å². The molecule has 0 aliphatic carbocycles. The molecule has 0 amide bonds. The predicted octanol–water partition coefficient (Wildman–Crippen LogP) is 2.73. The van der Waals surface area contributed by atoms with Crippen LogP contribution in [0.2, 0.25) is 0 Å². The van der Waals surface area contributed by atoms with Crippen LogP contribution in [-0.2, 0) is 6.54 Å². The number of nitrogens with one attached hydrogen (secondary N) is 2. The fraction of sp³-hybridized carbons (Fsp3) is 0.438. The van der Waals surface area contributed by atoms with E-state index in [0.29, 0.717) is 37.4 Å². The molecular weight excluding hydrogens is 437 g/mol. The third kappa shape index (κ3) is 5.48. The summed E-state index contributed by atoms with van der Waals surface area (Å²) in [5, 5.41) is 10.2. The van der Waals surface area contributed by atoms with Crippen molar-refractivity contribution in [3.05, 3.63) is 29.9 Å². The molecule has 9 heteroatoms. The van der Waals surface area contributed by atoms with Crippen molar-refractivity contribution in [1.29, 1.82) is 0 Å². The van der Waals surface area contributed by atoms with Gasteiger partial charge in [-0.3, -0.25) is 0 Å². The molecule has 2 aromatic rings. The third-order valence-electron chi connectivity index (χ3n) is 3.30. The lowest BCUT2D eigenvalue weighted by molar-refractivity contribution is 0.297. The summed E-state index contributed by atoms with van der Waals surface area (Å²) >= 11 is 0. The van der Waals surface area contributed by atoms with Crippen molar-refractivity contribution in [3.8, 4) is 11.5 Å². The second kappa shape index (κ2) is 9.44. The number of nitrogens with zero attached hydrogens (tertiary/aromatic N) is 3. The number of aryl methyl sites for hydroxylation is 1. The summed E-state index contributed by atoms with van der Waals surface area (Å²) in [6, 6.07) is 5.73. The van der Waals surface area contributed by atoms with Crippen LogP contribution in [0.5, 0.6) is 11.5 Å². The Morgan fingerprint density at radius 2 is 2.04 bits per heavy atom. The first-order valence-corrected chi connectivity index (χ1v) is 7.99. The molecule has 1 aliphatic heterocycles. The molecule has 2 heterocycles. The van der Waals surface area contributed by atoms with Crippen molar-refractivity contribution < 1.29 is 14.0 Å². The Balaban J connectivity index is 0.00000225. The van der Waals surface area contributed by atoms with Crippen LogP contribution >= 0.6 is 24.0 Å². The minimum atomic E-state index is 0. The van der Waals surface area contributed by atoms with Gasteiger partial charge in [-0.05, 0) is 26.0 Å². The van der Waals surface area contributed by atoms with Crippen LogP contribution in [0, 0.1) is 6.92 Å². The smallest absolute Gasteiger partial charge is 0.248 e. The van der Waals surface area contributed by atoms with E-state index in [9.17, 15) is 0 Å². The topological polar surface area (TPSA) is 93.8 Å². The zero-order chi connectivity index (χ0) is 16.8. The molecule has 136 valence electrons. The molecule has 0 unspecified atom stereocenters. The molecule has 25 heavy (non-hydrogen) atoms. The monoisotopic (exact) mass is 459 g/mol. The standard InChI is InChI=1S/C16H21N5O3.HI/c1-3-17-16(18-10-15-19-11(2)21-24-15)20-12-5-6-13-14(9-12)23-8-4-7-22-13;/h5-6,9H,3-4,7-8,10H2,1-2H3,(H2,17,18,20);1H. The van der Waals surface area contributed by atoms with Crippen molar-refractivity contribution in [2.24, 2.45) is 4.99 Å². The summed E-state index contributed by atoms with van der Waals surface area (Å²) in [4.78, 5) is 8.59. The number of hydrogen-bond donors (Lipinski definition) is 2. The highest BCUT2D eigenvalue weighted by molar-refractivity contribution is 14.0. The number of guanidine groups is 1. The number of aliphatic imine (C=N–C) groups is 1. The quantitative estimate of drug-likeness (QED) is 0.413. The lowest BCUT2D eigenvalue weighted by Gasteiger charge is -2.13. The average molecular weight is 459 g/mol. The van der Waals surface area contributed by atoms with E-state index in [-0.39, 0.29) is 24.0 Å². The molecule has 1 aromatic carbocycles. The summed E-state index contributed by atoms with van der Waals surface area (Å²) in [5.41, 5.74) is 0.862. The maximum absolute atomic E-state index is 5.70. The maximum Gasteiger partial charge on any atom is 0.248 e. The molecule has 1 aromatic heterocycles. The molecule has 3 rings (SSSR count). The summed E-state index contributed by atoms with van der Waals surface area (Å²) in [6.07, 6.45) is 0.880. The lowest BCUT2D eigenvalue weighted by Crippen LogP contribution is -2.30. The number of benzene rings is 1. The van der Waals surface area contributed by atoms with Crippen LogP contribution in [0.1, 0.15) is 25.1 Å². The summed E-state index contributed by atoms with van der Waals surface area (Å²) in [7, 11) is 0. The van der Waals surface area contributed by atoms with E-state index in [1.807, 2.05) is 25.1 Å². The number of halogens is 1. The molecule has 0 saturated carbocycles. The Morgan fingerprint density at radius 1 is 1.24 bits per heavy atom.